The van der Waals surface area contributed by atoms with Crippen LogP contribution < -0.4 is 0 Å². The van der Waals surface area contributed by atoms with Crippen LogP contribution in [0.5, 0.6) is 0 Å². The monoisotopic (exact) mass is 223 g/mol. The predicted molar refractivity (Wildman–Crippen MR) is 64.8 cm³/mol. The molecular formula is C12H9N5. The maximum absolute atomic E-state index is 4.47. The molecular weight excluding hydrogens is 214 g/mol. The van der Waals surface area contributed by atoms with Crippen molar-refractivity contribution in [3.05, 3.63) is 48.0 Å². The Morgan fingerprint density at radius 1 is 0.941 bits per heavy atom. The molecule has 0 aliphatic rings. The minimum absolute atomic E-state index is 0.764. The number of H-pyrrole nitrogens is 1. The lowest BCUT2D eigenvalue weighted by Crippen LogP contribution is -1.86. The van der Waals surface area contributed by atoms with E-state index in [1.54, 1.807) is 12.4 Å². The smallest absolute Gasteiger partial charge is 0.105 e. The zero-order chi connectivity index (χ0) is 11.5. The molecule has 0 fully saturated rings. The largest absolute Gasteiger partial charge is 0.252 e. The molecule has 17 heavy (non-hydrogen) atoms. The van der Waals surface area contributed by atoms with Gasteiger partial charge < -0.3 is 0 Å². The van der Waals surface area contributed by atoms with E-state index in [1.165, 1.54) is 0 Å². The second kappa shape index (κ2) is 4.13. The van der Waals surface area contributed by atoms with Gasteiger partial charge in [-0.25, -0.2) is 4.98 Å². The van der Waals surface area contributed by atoms with Crippen molar-refractivity contribution in [2.24, 2.45) is 0 Å². The maximum Gasteiger partial charge on any atom is 0.105 e. The first-order chi connectivity index (χ1) is 8.42. The van der Waals surface area contributed by atoms with Crippen LogP contribution in [0.3, 0.4) is 0 Å². The molecule has 2 aromatic heterocycles. The van der Waals surface area contributed by atoms with Gasteiger partial charge in [-0.15, -0.1) is 0 Å². The molecule has 5 heteroatoms. The van der Waals surface area contributed by atoms with Crippen LogP contribution in [-0.4, -0.2) is 25.4 Å². The van der Waals surface area contributed by atoms with Crippen LogP contribution >= 0.6 is 0 Å². The highest BCUT2D eigenvalue weighted by Crippen LogP contribution is 2.10. The lowest BCUT2D eigenvalue weighted by atomic mass is 10.3. The van der Waals surface area contributed by atoms with Gasteiger partial charge in [-0.2, -0.15) is 15.4 Å². The quantitative estimate of drug-likeness (QED) is 0.720. The van der Waals surface area contributed by atoms with E-state index in [4.69, 9.17) is 0 Å². The second-order valence-electron chi connectivity index (χ2n) is 3.51. The molecule has 5 nitrogen and oxygen atoms in total. The summed E-state index contributed by atoms with van der Waals surface area (Å²) in [5, 5.41) is 10.2. The molecule has 0 radical (unpaired) electrons. The van der Waals surface area contributed by atoms with Crippen LogP contribution in [0.25, 0.3) is 23.2 Å². The van der Waals surface area contributed by atoms with Crippen LogP contribution in [0.2, 0.25) is 0 Å². The Labute approximate surface area is 97.2 Å². The second-order valence-corrected chi connectivity index (χ2v) is 3.51. The fourth-order valence-electron chi connectivity index (χ4n) is 1.51. The molecule has 0 spiro atoms. The summed E-state index contributed by atoms with van der Waals surface area (Å²) >= 11 is 0. The summed E-state index contributed by atoms with van der Waals surface area (Å²) in [4.78, 5) is 8.79. The first-order valence-electron chi connectivity index (χ1n) is 5.17. The average Bonchev–Trinajstić information content (AvgIpc) is 2.89. The van der Waals surface area contributed by atoms with Crippen LogP contribution in [0.4, 0.5) is 0 Å². The zero-order valence-electron chi connectivity index (χ0n) is 8.91. The number of para-hydroxylation sites is 2. The highest BCUT2D eigenvalue weighted by Gasteiger charge is 1.96. The van der Waals surface area contributed by atoms with Gasteiger partial charge in [0.15, 0.2) is 0 Å². The summed E-state index contributed by atoms with van der Waals surface area (Å²) in [6.07, 6.45) is 7.07. The molecule has 82 valence electrons. The minimum atomic E-state index is 0.764. The maximum atomic E-state index is 4.47. The fraction of sp³-hybridized carbons (Fsp3) is 0. The van der Waals surface area contributed by atoms with Crippen LogP contribution in [0, 0.1) is 0 Å². The summed E-state index contributed by atoms with van der Waals surface area (Å²) in [6.45, 7) is 0. The van der Waals surface area contributed by atoms with Gasteiger partial charge in [0.05, 0.1) is 29.1 Å². The number of fused-ring (bicyclic) bond motifs is 1. The Morgan fingerprint density at radius 2 is 1.76 bits per heavy atom. The van der Waals surface area contributed by atoms with E-state index in [-0.39, 0.29) is 0 Å². The third-order valence-electron chi connectivity index (χ3n) is 2.33. The van der Waals surface area contributed by atoms with Gasteiger partial charge in [0, 0.05) is 0 Å². The summed E-state index contributed by atoms with van der Waals surface area (Å²) in [5.74, 6) is 0. The first-order valence-corrected chi connectivity index (χ1v) is 5.17. The Kier molecular flexibility index (Phi) is 2.34. The molecule has 0 bridgehead atoms. The van der Waals surface area contributed by atoms with Crippen LogP contribution in [0.1, 0.15) is 11.4 Å². The number of nitrogens with zero attached hydrogens (tertiary/aromatic N) is 4. The summed E-state index contributed by atoms with van der Waals surface area (Å²) in [7, 11) is 0. The van der Waals surface area contributed by atoms with Gasteiger partial charge in [0.25, 0.3) is 0 Å². The van der Waals surface area contributed by atoms with E-state index >= 15 is 0 Å². The van der Waals surface area contributed by atoms with E-state index in [1.807, 2.05) is 36.4 Å². The van der Waals surface area contributed by atoms with Crippen molar-refractivity contribution < 1.29 is 0 Å². The van der Waals surface area contributed by atoms with Gasteiger partial charge in [-0.1, -0.05) is 12.1 Å². The van der Waals surface area contributed by atoms with Crippen molar-refractivity contribution in [3.63, 3.8) is 0 Å². The lowest BCUT2D eigenvalue weighted by Gasteiger charge is -1.96. The fourth-order valence-corrected chi connectivity index (χ4v) is 1.51. The number of aromatic nitrogens is 5. The van der Waals surface area contributed by atoms with Gasteiger partial charge in [0.1, 0.15) is 5.69 Å². The highest BCUT2D eigenvalue weighted by atomic mass is 15.3. The summed E-state index contributed by atoms with van der Waals surface area (Å²) < 4.78 is 0. The molecule has 0 saturated heterocycles. The zero-order valence-corrected chi connectivity index (χ0v) is 8.91. The highest BCUT2D eigenvalue weighted by molar-refractivity contribution is 5.76. The van der Waals surface area contributed by atoms with Crippen molar-refractivity contribution in [2.45, 2.75) is 0 Å². The van der Waals surface area contributed by atoms with Crippen LogP contribution in [-0.2, 0) is 0 Å². The lowest BCUT2D eigenvalue weighted by molar-refractivity contribution is 0.937. The van der Waals surface area contributed by atoms with E-state index in [9.17, 15) is 0 Å². The Bertz CT molecular complexity index is 657. The first kappa shape index (κ1) is 9.65. The topological polar surface area (TPSA) is 67.3 Å². The molecule has 0 aliphatic carbocycles. The molecule has 3 rings (SSSR count). The van der Waals surface area contributed by atoms with Crippen molar-refractivity contribution in [1.29, 1.82) is 0 Å². The van der Waals surface area contributed by atoms with E-state index in [0.29, 0.717) is 0 Å². The molecule has 0 aliphatic heterocycles. The number of nitrogens with one attached hydrogen (secondary N) is 1. The third kappa shape index (κ3) is 2.03. The molecule has 2 heterocycles. The van der Waals surface area contributed by atoms with Gasteiger partial charge in [0.2, 0.25) is 0 Å². The van der Waals surface area contributed by atoms with E-state index < -0.39 is 0 Å². The normalized spacial score (nSPS) is 11.3. The number of hydrogen-bond donors (Lipinski definition) is 1. The Morgan fingerprint density at radius 3 is 2.59 bits per heavy atom. The molecule has 0 unspecified atom stereocenters. The van der Waals surface area contributed by atoms with E-state index in [2.05, 4.69) is 25.4 Å². The summed E-state index contributed by atoms with van der Waals surface area (Å²) in [6, 6.07) is 7.77. The summed E-state index contributed by atoms with van der Waals surface area (Å²) in [5.41, 5.74) is 3.34. The SMILES string of the molecule is C(=C\c1cnc2ccccc2n1)/c1cn[nH]n1. The van der Waals surface area contributed by atoms with Crippen molar-refractivity contribution in [1.82, 2.24) is 25.4 Å². The number of benzene rings is 1. The minimum Gasteiger partial charge on any atom is -0.252 e. The predicted octanol–water partition coefficient (Wildman–Crippen LogP) is 1.92. The average molecular weight is 223 g/mol. The van der Waals surface area contributed by atoms with Crippen LogP contribution in [0.15, 0.2) is 36.7 Å². The molecule has 0 amide bonds. The van der Waals surface area contributed by atoms with E-state index in [0.717, 1.165) is 22.4 Å². The standard InChI is InChI=1S/C12H9N5/c1-2-4-12-11(3-1)13-7-9(15-12)5-6-10-8-14-17-16-10/h1-8H,(H,14,16,17)/b6-5+. The van der Waals surface area contributed by atoms with Crippen molar-refractivity contribution in [3.8, 4) is 0 Å². The van der Waals surface area contributed by atoms with Gasteiger partial charge >= 0.3 is 0 Å². The molecule has 1 aromatic carbocycles. The van der Waals surface area contributed by atoms with Gasteiger partial charge in [-0.05, 0) is 24.3 Å². The third-order valence-corrected chi connectivity index (χ3v) is 2.33. The van der Waals surface area contributed by atoms with Gasteiger partial charge in [-0.3, -0.25) is 4.98 Å². The number of aromatic amines is 1. The Hall–Kier alpha value is -2.56. The molecule has 1 N–H and O–H groups in total. The van der Waals surface area contributed by atoms with Crippen molar-refractivity contribution in [2.75, 3.05) is 0 Å². The number of rotatable bonds is 2. The number of hydrogen-bond acceptors (Lipinski definition) is 4. The Balaban J connectivity index is 1.96. The molecule has 0 atom stereocenters. The molecule has 3 aromatic rings. The molecule has 0 saturated carbocycles. The van der Waals surface area contributed by atoms with Crippen molar-refractivity contribution >= 4 is 23.2 Å².